The second kappa shape index (κ2) is 5.77. The Morgan fingerprint density at radius 2 is 1.88 bits per heavy atom. The lowest BCUT2D eigenvalue weighted by Crippen LogP contribution is -2.01. The van der Waals surface area contributed by atoms with Crippen LogP contribution in [-0.4, -0.2) is 6.61 Å². The first-order chi connectivity index (χ1) is 8.13. The van der Waals surface area contributed by atoms with Crippen molar-refractivity contribution < 1.29 is 4.84 Å². The predicted molar refractivity (Wildman–Crippen MR) is 71.7 cm³/mol. The summed E-state index contributed by atoms with van der Waals surface area (Å²) in [6.45, 7) is 0.602. The van der Waals surface area contributed by atoms with Gasteiger partial charge in [0, 0.05) is 15.1 Å². The third-order valence-electron chi connectivity index (χ3n) is 3.17. The van der Waals surface area contributed by atoms with Gasteiger partial charge in [-0.1, -0.05) is 34.8 Å². The topological polar surface area (TPSA) is 35.2 Å². The lowest BCUT2D eigenvalue weighted by Gasteiger charge is -2.07. The molecule has 1 aromatic carbocycles. The number of halogens is 3. The van der Waals surface area contributed by atoms with Crippen molar-refractivity contribution in [2.45, 2.75) is 25.2 Å². The molecule has 0 spiro atoms. The number of benzene rings is 1. The molecule has 0 heterocycles. The van der Waals surface area contributed by atoms with Crippen molar-refractivity contribution in [2.75, 3.05) is 6.61 Å². The monoisotopic (exact) mass is 293 g/mol. The fourth-order valence-electron chi connectivity index (χ4n) is 2.26. The largest absolute Gasteiger partial charge is 0.305 e. The van der Waals surface area contributed by atoms with E-state index < -0.39 is 0 Å². The summed E-state index contributed by atoms with van der Waals surface area (Å²) in [5, 5.41) is 1.92. The van der Waals surface area contributed by atoms with Gasteiger partial charge in [-0.15, -0.1) is 0 Å². The fourth-order valence-corrected chi connectivity index (χ4v) is 3.35. The van der Waals surface area contributed by atoms with E-state index in [9.17, 15) is 0 Å². The van der Waals surface area contributed by atoms with Gasteiger partial charge in [0.15, 0.2) is 0 Å². The van der Waals surface area contributed by atoms with Gasteiger partial charge in [0.05, 0.1) is 6.61 Å². The molecule has 0 bridgehead atoms. The van der Waals surface area contributed by atoms with E-state index in [0.717, 1.165) is 24.8 Å². The van der Waals surface area contributed by atoms with Crippen molar-refractivity contribution in [3.8, 4) is 0 Å². The smallest absolute Gasteiger partial charge is 0.0679 e. The van der Waals surface area contributed by atoms with Crippen LogP contribution in [0.25, 0.3) is 0 Å². The van der Waals surface area contributed by atoms with Crippen LogP contribution >= 0.6 is 34.8 Å². The average Bonchev–Trinajstić information content (AvgIpc) is 2.96. The van der Waals surface area contributed by atoms with E-state index in [4.69, 9.17) is 40.7 Å². The third kappa shape index (κ3) is 3.27. The number of hydrogen-bond acceptors (Lipinski definition) is 2. The Morgan fingerprint density at radius 1 is 1.24 bits per heavy atom. The normalized spacial score (nSPS) is 22.8. The van der Waals surface area contributed by atoms with Gasteiger partial charge in [0.2, 0.25) is 0 Å². The minimum atomic E-state index is 0.463. The molecule has 5 heteroatoms. The van der Waals surface area contributed by atoms with Crippen LogP contribution < -0.4 is 5.90 Å². The van der Waals surface area contributed by atoms with Crippen molar-refractivity contribution >= 4 is 34.8 Å². The number of rotatable bonds is 5. The summed E-state index contributed by atoms with van der Waals surface area (Å²) in [6.07, 6.45) is 3.20. The van der Waals surface area contributed by atoms with Gasteiger partial charge in [-0.25, -0.2) is 5.90 Å². The van der Waals surface area contributed by atoms with Crippen molar-refractivity contribution in [3.63, 3.8) is 0 Å². The van der Waals surface area contributed by atoms with E-state index in [1.807, 2.05) is 0 Å². The minimum Gasteiger partial charge on any atom is -0.305 e. The Bertz CT molecular complexity index is 388. The van der Waals surface area contributed by atoms with Crippen molar-refractivity contribution in [3.05, 3.63) is 32.8 Å². The molecule has 0 aliphatic heterocycles. The zero-order valence-corrected chi connectivity index (χ0v) is 11.5. The van der Waals surface area contributed by atoms with Crippen LogP contribution in [0.1, 0.15) is 30.7 Å². The number of hydrogen-bond donors (Lipinski definition) is 1. The summed E-state index contributed by atoms with van der Waals surface area (Å²) in [5.41, 5.74) is 1.04. The maximum absolute atomic E-state index is 6.18. The van der Waals surface area contributed by atoms with Gasteiger partial charge >= 0.3 is 0 Å². The van der Waals surface area contributed by atoms with Gasteiger partial charge < -0.3 is 4.84 Å². The average molecular weight is 295 g/mol. The van der Waals surface area contributed by atoms with Crippen LogP contribution in [0.3, 0.4) is 0 Å². The Morgan fingerprint density at radius 3 is 2.47 bits per heavy atom. The summed E-state index contributed by atoms with van der Waals surface area (Å²) in [4.78, 5) is 4.55. The molecule has 2 atom stereocenters. The molecule has 2 nitrogen and oxygen atoms in total. The summed E-state index contributed by atoms with van der Waals surface area (Å²) in [6, 6.07) is 3.51. The molecule has 2 rings (SSSR count). The maximum Gasteiger partial charge on any atom is 0.0679 e. The first-order valence-electron chi connectivity index (χ1n) is 5.59. The van der Waals surface area contributed by atoms with E-state index in [1.165, 1.54) is 0 Å². The molecule has 1 aliphatic rings. The van der Waals surface area contributed by atoms with E-state index >= 15 is 0 Å². The highest BCUT2D eigenvalue weighted by atomic mass is 35.5. The summed E-state index contributed by atoms with van der Waals surface area (Å²) >= 11 is 18.3. The SMILES string of the molecule is NOCCCC1CC1c1c(Cl)cc(Cl)cc1Cl. The summed E-state index contributed by atoms with van der Waals surface area (Å²) < 4.78 is 0. The molecule has 0 amide bonds. The second-order valence-electron chi connectivity index (χ2n) is 4.40. The molecule has 17 heavy (non-hydrogen) atoms. The summed E-state index contributed by atoms with van der Waals surface area (Å²) in [7, 11) is 0. The highest BCUT2D eigenvalue weighted by Crippen LogP contribution is 2.54. The van der Waals surface area contributed by atoms with Crippen molar-refractivity contribution in [2.24, 2.45) is 11.8 Å². The predicted octanol–water partition coefficient (Wildman–Crippen LogP) is 4.42. The molecule has 1 fully saturated rings. The van der Waals surface area contributed by atoms with E-state index in [0.29, 0.717) is 33.5 Å². The third-order valence-corrected chi connectivity index (χ3v) is 4.02. The highest BCUT2D eigenvalue weighted by Gasteiger charge is 2.40. The molecule has 1 saturated carbocycles. The lowest BCUT2D eigenvalue weighted by atomic mass is 10.1. The minimum absolute atomic E-state index is 0.463. The maximum atomic E-state index is 6.18. The molecular weight excluding hydrogens is 280 g/mol. The van der Waals surface area contributed by atoms with Crippen LogP contribution in [0.2, 0.25) is 15.1 Å². The van der Waals surface area contributed by atoms with Gasteiger partial charge in [0.25, 0.3) is 0 Å². The Balaban J connectivity index is 2.01. The van der Waals surface area contributed by atoms with Gasteiger partial charge in [0.1, 0.15) is 0 Å². The number of nitrogens with two attached hydrogens (primary N) is 1. The molecule has 2 unspecified atom stereocenters. The van der Waals surface area contributed by atoms with E-state index in [1.54, 1.807) is 12.1 Å². The first-order valence-corrected chi connectivity index (χ1v) is 6.73. The molecule has 94 valence electrons. The molecule has 0 saturated heterocycles. The Kier molecular flexibility index (Phi) is 4.56. The van der Waals surface area contributed by atoms with Gasteiger partial charge in [-0.2, -0.15) is 0 Å². The lowest BCUT2D eigenvalue weighted by molar-refractivity contribution is 0.132. The zero-order chi connectivity index (χ0) is 12.4. The Hall–Kier alpha value is 0.01000. The highest BCUT2D eigenvalue weighted by molar-refractivity contribution is 6.39. The molecule has 0 aromatic heterocycles. The molecule has 2 N–H and O–H groups in total. The van der Waals surface area contributed by atoms with Crippen LogP contribution in [0.15, 0.2) is 12.1 Å². The van der Waals surface area contributed by atoms with Crippen LogP contribution in [-0.2, 0) is 4.84 Å². The van der Waals surface area contributed by atoms with E-state index in [2.05, 4.69) is 4.84 Å². The fraction of sp³-hybridized carbons (Fsp3) is 0.500. The van der Waals surface area contributed by atoms with Crippen LogP contribution in [0, 0.1) is 5.92 Å². The van der Waals surface area contributed by atoms with Crippen LogP contribution in [0.4, 0.5) is 0 Å². The summed E-state index contributed by atoms with van der Waals surface area (Å²) in [5.74, 6) is 6.09. The molecule has 0 radical (unpaired) electrons. The molecule has 1 aromatic rings. The second-order valence-corrected chi connectivity index (χ2v) is 5.65. The van der Waals surface area contributed by atoms with E-state index in [-0.39, 0.29) is 0 Å². The van der Waals surface area contributed by atoms with Crippen LogP contribution in [0.5, 0.6) is 0 Å². The molecule has 1 aliphatic carbocycles. The Labute approximate surface area is 116 Å². The molecular formula is C12H14Cl3NO. The van der Waals surface area contributed by atoms with Gasteiger partial charge in [-0.05, 0) is 48.8 Å². The first kappa shape index (κ1) is 13.4. The van der Waals surface area contributed by atoms with Crippen molar-refractivity contribution in [1.29, 1.82) is 0 Å². The van der Waals surface area contributed by atoms with Crippen molar-refractivity contribution in [1.82, 2.24) is 0 Å². The zero-order valence-electron chi connectivity index (χ0n) is 9.26. The van der Waals surface area contributed by atoms with Gasteiger partial charge in [-0.3, -0.25) is 0 Å². The standard InChI is InChI=1S/C12H14Cl3NO/c13-8-5-10(14)12(11(15)6-8)9-4-7(9)2-1-3-17-16/h5-7,9H,1-4,16H2. The quantitative estimate of drug-likeness (QED) is 0.644.